The van der Waals surface area contributed by atoms with Crippen LogP contribution in [0.25, 0.3) is 0 Å². The van der Waals surface area contributed by atoms with Crippen molar-refractivity contribution in [1.82, 2.24) is 15.6 Å². The average Bonchev–Trinajstić information content (AvgIpc) is 2.84. The van der Waals surface area contributed by atoms with E-state index in [4.69, 9.17) is 4.74 Å². The molecule has 3 aromatic rings. The van der Waals surface area contributed by atoms with Gasteiger partial charge in [-0.1, -0.05) is 24.3 Å². The van der Waals surface area contributed by atoms with Gasteiger partial charge in [-0.05, 0) is 60.0 Å². The number of alkyl halides is 3. The van der Waals surface area contributed by atoms with Gasteiger partial charge in [-0.2, -0.15) is 13.2 Å². The van der Waals surface area contributed by atoms with E-state index in [1.807, 2.05) is 0 Å². The van der Waals surface area contributed by atoms with Crippen LogP contribution in [0.5, 0.6) is 5.75 Å². The number of pyridine rings is 1. The number of hydrogen-bond donors (Lipinski definition) is 2. The van der Waals surface area contributed by atoms with Crippen LogP contribution in [0.4, 0.5) is 22.0 Å². The van der Waals surface area contributed by atoms with Gasteiger partial charge in [-0.3, -0.25) is 9.78 Å². The van der Waals surface area contributed by atoms with E-state index in [1.165, 1.54) is 56.6 Å². The first-order chi connectivity index (χ1) is 16.6. The SMILES string of the molecule is CNC(=O)C(NCCC(c1ccc(C(F)(F)F)nc1)c1ccc(OC)c(F)c1)c1ccc(F)cc1. The van der Waals surface area contributed by atoms with Crippen molar-refractivity contribution >= 4 is 5.91 Å². The number of nitrogens with zero attached hydrogens (tertiary/aromatic N) is 1. The molecule has 10 heteroatoms. The molecule has 0 saturated carbocycles. The van der Waals surface area contributed by atoms with Gasteiger partial charge in [0.2, 0.25) is 5.91 Å². The minimum absolute atomic E-state index is 0.0344. The lowest BCUT2D eigenvalue weighted by Crippen LogP contribution is -2.36. The quantitative estimate of drug-likeness (QED) is 0.413. The number of carbonyl (C=O) groups is 1. The van der Waals surface area contributed by atoms with Crippen LogP contribution < -0.4 is 15.4 Å². The molecule has 0 aliphatic heterocycles. The summed E-state index contributed by atoms with van der Waals surface area (Å²) in [6.45, 7) is 0.231. The van der Waals surface area contributed by atoms with Gasteiger partial charge in [0, 0.05) is 19.2 Å². The first-order valence-corrected chi connectivity index (χ1v) is 10.7. The summed E-state index contributed by atoms with van der Waals surface area (Å²) in [6.07, 6.45) is -3.17. The molecule has 3 rings (SSSR count). The molecular weight excluding hydrogens is 469 g/mol. The van der Waals surface area contributed by atoms with E-state index in [0.717, 1.165) is 12.3 Å². The van der Waals surface area contributed by atoms with Crippen molar-refractivity contribution in [1.29, 1.82) is 0 Å². The van der Waals surface area contributed by atoms with Crippen LogP contribution in [0.3, 0.4) is 0 Å². The van der Waals surface area contributed by atoms with Crippen LogP contribution in [0.15, 0.2) is 60.8 Å². The number of carbonyl (C=O) groups excluding carboxylic acids is 1. The number of methoxy groups -OCH3 is 1. The summed E-state index contributed by atoms with van der Waals surface area (Å²) >= 11 is 0. The minimum Gasteiger partial charge on any atom is -0.494 e. The zero-order valence-electron chi connectivity index (χ0n) is 19.0. The lowest BCUT2D eigenvalue weighted by molar-refractivity contribution is -0.141. The Morgan fingerprint density at radius 2 is 1.66 bits per heavy atom. The van der Waals surface area contributed by atoms with Gasteiger partial charge < -0.3 is 15.4 Å². The smallest absolute Gasteiger partial charge is 0.433 e. The summed E-state index contributed by atoms with van der Waals surface area (Å²) in [5.41, 5.74) is 0.455. The zero-order valence-corrected chi connectivity index (χ0v) is 19.0. The van der Waals surface area contributed by atoms with Crippen molar-refractivity contribution in [2.24, 2.45) is 0 Å². The molecule has 1 heterocycles. The molecule has 1 aromatic heterocycles. The third-order valence-corrected chi connectivity index (χ3v) is 5.55. The Morgan fingerprint density at radius 1 is 1.00 bits per heavy atom. The maximum atomic E-state index is 14.4. The van der Waals surface area contributed by atoms with Crippen molar-refractivity contribution in [3.8, 4) is 5.75 Å². The summed E-state index contributed by atoms with van der Waals surface area (Å²) < 4.78 is 71.6. The van der Waals surface area contributed by atoms with Crippen molar-refractivity contribution < 1.29 is 31.5 Å². The highest BCUT2D eigenvalue weighted by molar-refractivity contribution is 5.82. The predicted molar refractivity (Wildman–Crippen MR) is 120 cm³/mol. The topological polar surface area (TPSA) is 63.2 Å². The van der Waals surface area contributed by atoms with Crippen LogP contribution in [0, 0.1) is 11.6 Å². The third kappa shape index (κ3) is 6.54. The second-order valence-electron chi connectivity index (χ2n) is 7.76. The van der Waals surface area contributed by atoms with Crippen LogP contribution in [0.2, 0.25) is 0 Å². The number of hydrogen-bond acceptors (Lipinski definition) is 4. The van der Waals surface area contributed by atoms with Gasteiger partial charge in [0.1, 0.15) is 17.6 Å². The first-order valence-electron chi connectivity index (χ1n) is 10.7. The molecule has 1 amide bonds. The Bertz CT molecular complexity index is 1140. The van der Waals surface area contributed by atoms with Gasteiger partial charge >= 0.3 is 6.18 Å². The Kier molecular flexibility index (Phi) is 8.39. The Morgan fingerprint density at radius 3 is 2.20 bits per heavy atom. The molecule has 2 aromatic carbocycles. The van der Waals surface area contributed by atoms with E-state index in [0.29, 0.717) is 23.1 Å². The van der Waals surface area contributed by atoms with Crippen LogP contribution in [0.1, 0.15) is 40.8 Å². The largest absolute Gasteiger partial charge is 0.494 e. The molecule has 0 fully saturated rings. The monoisotopic (exact) mass is 493 g/mol. The minimum atomic E-state index is -4.59. The number of aromatic nitrogens is 1. The lowest BCUT2D eigenvalue weighted by Gasteiger charge is -2.22. The standard InChI is InChI=1S/C25H24F5N3O2/c1-31-24(34)23(15-3-7-18(26)8-4-15)32-12-11-19(16-5-9-21(35-2)20(27)13-16)17-6-10-22(33-14-17)25(28,29)30/h3-10,13-14,19,23,32H,11-12H2,1-2H3,(H,31,34). The summed E-state index contributed by atoms with van der Waals surface area (Å²) in [5, 5.41) is 5.64. The summed E-state index contributed by atoms with van der Waals surface area (Å²) in [4.78, 5) is 15.9. The molecular formula is C25H24F5N3O2. The fraction of sp³-hybridized carbons (Fsp3) is 0.280. The van der Waals surface area contributed by atoms with Crippen LogP contribution in [-0.2, 0) is 11.0 Å². The molecule has 2 N–H and O–H groups in total. The molecule has 2 atom stereocenters. The van der Waals surface area contributed by atoms with Gasteiger partial charge in [0.25, 0.3) is 0 Å². The van der Waals surface area contributed by atoms with Crippen molar-refractivity contribution in [3.63, 3.8) is 0 Å². The van der Waals surface area contributed by atoms with E-state index in [2.05, 4.69) is 15.6 Å². The Hall–Kier alpha value is -3.53. The van der Waals surface area contributed by atoms with E-state index in [1.54, 1.807) is 6.07 Å². The number of likely N-dealkylation sites (N-methyl/N-ethyl adjacent to an activating group) is 1. The molecule has 0 aliphatic carbocycles. The fourth-order valence-electron chi connectivity index (χ4n) is 3.74. The second kappa shape index (κ2) is 11.3. The Balaban J connectivity index is 1.86. The maximum Gasteiger partial charge on any atom is 0.433 e. The molecule has 35 heavy (non-hydrogen) atoms. The number of amides is 1. The van der Waals surface area contributed by atoms with E-state index in [9.17, 15) is 26.7 Å². The summed E-state index contributed by atoms with van der Waals surface area (Å²) in [7, 11) is 2.80. The maximum absolute atomic E-state index is 14.4. The van der Waals surface area contributed by atoms with Crippen molar-refractivity contribution in [3.05, 3.63) is 94.8 Å². The van der Waals surface area contributed by atoms with Gasteiger partial charge in [-0.15, -0.1) is 0 Å². The molecule has 0 bridgehead atoms. The number of benzene rings is 2. The van der Waals surface area contributed by atoms with E-state index in [-0.39, 0.29) is 18.2 Å². The van der Waals surface area contributed by atoms with Crippen molar-refractivity contribution in [2.45, 2.75) is 24.6 Å². The van der Waals surface area contributed by atoms with Crippen LogP contribution in [-0.4, -0.2) is 31.6 Å². The molecule has 2 unspecified atom stereocenters. The first kappa shape index (κ1) is 26.1. The summed E-state index contributed by atoms with van der Waals surface area (Å²) in [6, 6.07) is 11.2. The highest BCUT2D eigenvalue weighted by atomic mass is 19.4. The van der Waals surface area contributed by atoms with Gasteiger partial charge in [-0.25, -0.2) is 8.78 Å². The van der Waals surface area contributed by atoms with E-state index < -0.39 is 35.5 Å². The van der Waals surface area contributed by atoms with Crippen molar-refractivity contribution in [2.75, 3.05) is 20.7 Å². The number of ether oxygens (including phenoxy) is 1. The predicted octanol–water partition coefficient (Wildman–Crippen LogP) is 4.99. The van der Waals surface area contributed by atoms with Gasteiger partial charge in [0.05, 0.1) is 7.11 Å². The number of nitrogens with one attached hydrogen (secondary N) is 2. The molecule has 0 saturated heterocycles. The number of rotatable bonds is 9. The molecule has 0 radical (unpaired) electrons. The fourth-order valence-corrected chi connectivity index (χ4v) is 3.74. The zero-order chi connectivity index (χ0) is 25.6. The third-order valence-electron chi connectivity index (χ3n) is 5.55. The second-order valence-corrected chi connectivity index (χ2v) is 7.76. The lowest BCUT2D eigenvalue weighted by atomic mass is 9.89. The Labute approximate surface area is 199 Å². The molecule has 186 valence electrons. The molecule has 0 spiro atoms. The number of halogens is 5. The highest BCUT2D eigenvalue weighted by Crippen LogP contribution is 2.33. The average molecular weight is 493 g/mol. The highest BCUT2D eigenvalue weighted by Gasteiger charge is 2.32. The summed E-state index contributed by atoms with van der Waals surface area (Å²) in [5.74, 6) is -1.90. The molecule has 0 aliphatic rings. The molecule has 5 nitrogen and oxygen atoms in total. The van der Waals surface area contributed by atoms with Crippen LogP contribution >= 0.6 is 0 Å². The normalized spacial score (nSPS) is 13.2. The van der Waals surface area contributed by atoms with E-state index >= 15 is 0 Å². The van der Waals surface area contributed by atoms with Gasteiger partial charge in [0.15, 0.2) is 11.6 Å².